The van der Waals surface area contributed by atoms with Gasteiger partial charge in [-0.05, 0) is 14.1 Å². The molecule has 2 rings (SSSR count). The van der Waals surface area contributed by atoms with E-state index in [2.05, 4.69) is 9.97 Å². The van der Waals surface area contributed by atoms with Crippen LogP contribution in [0.15, 0.2) is 4.79 Å². The highest BCUT2D eigenvalue weighted by atomic mass is 32.2. The fourth-order valence-corrected chi connectivity index (χ4v) is 2.52. The Labute approximate surface area is 86.7 Å². The summed E-state index contributed by atoms with van der Waals surface area (Å²) in [5.41, 5.74) is 1.87. The van der Waals surface area contributed by atoms with Crippen molar-refractivity contribution in [3.63, 3.8) is 0 Å². The van der Waals surface area contributed by atoms with Gasteiger partial charge in [-0.1, -0.05) is 0 Å². The highest BCUT2D eigenvalue weighted by Crippen LogP contribution is 2.25. The van der Waals surface area contributed by atoms with Gasteiger partial charge >= 0.3 is 0 Å². The summed E-state index contributed by atoms with van der Waals surface area (Å²) < 4.78 is 0. The molecule has 0 saturated heterocycles. The Morgan fingerprint density at radius 1 is 1.50 bits per heavy atom. The number of rotatable bonds is 2. The number of hydrogen-bond donors (Lipinski definition) is 1. The van der Waals surface area contributed by atoms with E-state index in [1.807, 2.05) is 19.0 Å². The first-order valence-electron chi connectivity index (χ1n) is 4.50. The molecule has 0 amide bonds. The van der Waals surface area contributed by atoms with E-state index in [9.17, 15) is 4.79 Å². The number of H-pyrrole nitrogens is 1. The first-order chi connectivity index (χ1) is 6.66. The van der Waals surface area contributed by atoms with Gasteiger partial charge in [0.05, 0.1) is 12.2 Å². The normalized spacial score (nSPS) is 14.8. The van der Waals surface area contributed by atoms with E-state index in [0.29, 0.717) is 6.54 Å². The second-order valence-corrected chi connectivity index (χ2v) is 4.65. The van der Waals surface area contributed by atoms with Gasteiger partial charge in [-0.25, -0.2) is 4.98 Å². The fraction of sp³-hybridized carbons (Fsp3) is 0.556. The maximum Gasteiger partial charge on any atom is 0.255 e. The van der Waals surface area contributed by atoms with Crippen LogP contribution < -0.4 is 5.56 Å². The number of nitrogens with zero attached hydrogens (tertiary/aromatic N) is 2. The van der Waals surface area contributed by atoms with Crippen molar-refractivity contribution in [1.82, 2.24) is 14.9 Å². The van der Waals surface area contributed by atoms with Crippen LogP contribution in [0, 0.1) is 0 Å². The third-order valence-corrected chi connectivity index (χ3v) is 3.07. The van der Waals surface area contributed by atoms with Gasteiger partial charge in [0, 0.05) is 17.1 Å². The lowest BCUT2D eigenvalue weighted by molar-refractivity contribution is 0.389. The molecule has 0 saturated carbocycles. The van der Waals surface area contributed by atoms with Crippen molar-refractivity contribution < 1.29 is 0 Å². The molecule has 4 nitrogen and oxygen atoms in total. The molecule has 2 heterocycles. The van der Waals surface area contributed by atoms with Gasteiger partial charge in [-0.3, -0.25) is 4.79 Å². The summed E-state index contributed by atoms with van der Waals surface area (Å²) in [6.07, 6.45) is 0. The minimum atomic E-state index is 0.0388. The second-order valence-electron chi connectivity index (χ2n) is 3.67. The largest absolute Gasteiger partial charge is 0.309 e. The summed E-state index contributed by atoms with van der Waals surface area (Å²) in [4.78, 5) is 20.8. The standard InChI is InChI=1S/C9H13N3OS/c1-12(2)3-8-10-7-5-14-4-6(7)9(13)11-8/h3-5H2,1-2H3,(H,10,11,13). The molecule has 0 atom stereocenters. The Bertz CT molecular complexity index is 400. The molecule has 1 N–H and O–H groups in total. The third-order valence-electron chi connectivity index (χ3n) is 2.10. The summed E-state index contributed by atoms with van der Waals surface area (Å²) in [5.74, 6) is 2.45. The smallest absolute Gasteiger partial charge is 0.255 e. The Morgan fingerprint density at radius 2 is 2.29 bits per heavy atom. The van der Waals surface area contributed by atoms with Gasteiger partial charge in [0.25, 0.3) is 5.56 Å². The van der Waals surface area contributed by atoms with E-state index in [0.717, 1.165) is 28.6 Å². The molecule has 1 aliphatic rings. The van der Waals surface area contributed by atoms with Crippen LogP contribution in [0.25, 0.3) is 0 Å². The van der Waals surface area contributed by atoms with Crippen molar-refractivity contribution in [2.24, 2.45) is 0 Å². The monoisotopic (exact) mass is 211 g/mol. The average molecular weight is 211 g/mol. The van der Waals surface area contributed by atoms with E-state index < -0.39 is 0 Å². The lowest BCUT2D eigenvalue weighted by Crippen LogP contribution is -2.21. The molecule has 76 valence electrons. The molecule has 0 spiro atoms. The molecular formula is C9H13N3OS. The molecule has 0 unspecified atom stereocenters. The highest BCUT2D eigenvalue weighted by molar-refractivity contribution is 7.98. The Hall–Kier alpha value is -0.810. The lowest BCUT2D eigenvalue weighted by atomic mass is 10.3. The fourth-order valence-electron chi connectivity index (χ4n) is 1.49. The van der Waals surface area contributed by atoms with Crippen LogP contribution in [0.5, 0.6) is 0 Å². The predicted molar refractivity (Wildman–Crippen MR) is 57.2 cm³/mol. The van der Waals surface area contributed by atoms with Crippen LogP contribution in [0.4, 0.5) is 0 Å². The van der Waals surface area contributed by atoms with Crippen molar-refractivity contribution in [2.45, 2.75) is 18.1 Å². The van der Waals surface area contributed by atoms with Crippen molar-refractivity contribution in [1.29, 1.82) is 0 Å². The number of aromatic amines is 1. The minimum Gasteiger partial charge on any atom is -0.309 e. The summed E-state index contributed by atoms with van der Waals surface area (Å²) in [7, 11) is 3.92. The van der Waals surface area contributed by atoms with Gasteiger partial charge < -0.3 is 9.88 Å². The first kappa shape index (κ1) is 9.73. The maximum atomic E-state index is 11.6. The van der Waals surface area contributed by atoms with Crippen molar-refractivity contribution in [3.05, 3.63) is 27.4 Å². The van der Waals surface area contributed by atoms with Gasteiger partial charge in [0.2, 0.25) is 0 Å². The van der Waals surface area contributed by atoms with Gasteiger partial charge in [0.1, 0.15) is 5.82 Å². The molecule has 14 heavy (non-hydrogen) atoms. The molecule has 0 aromatic carbocycles. The Balaban J connectivity index is 2.37. The van der Waals surface area contributed by atoms with Crippen molar-refractivity contribution >= 4 is 11.8 Å². The Morgan fingerprint density at radius 3 is 3.00 bits per heavy atom. The molecule has 1 aromatic rings. The van der Waals surface area contributed by atoms with Gasteiger partial charge in [-0.2, -0.15) is 11.8 Å². The number of hydrogen-bond acceptors (Lipinski definition) is 4. The maximum absolute atomic E-state index is 11.6. The number of thioether (sulfide) groups is 1. The third kappa shape index (κ3) is 1.83. The summed E-state index contributed by atoms with van der Waals surface area (Å²) in [6, 6.07) is 0. The summed E-state index contributed by atoms with van der Waals surface area (Å²) >= 11 is 1.75. The molecular weight excluding hydrogens is 198 g/mol. The van der Waals surface area contributed by atoms with Crippen LogP contribution >= 0.6 is 11.8 Å². The minimum absolute atomic E-state index is 0.0388. The van der Waals surface area contributed by atoms with Crippen LogP contribution in [-0.2, 0) is 18.1 Å². The Kier molecular flexibility index (Phi) is 2.60. The zero-order chi connectivity index (χ0) is 10.1. The molecule has 5 heteroatoms. The molecule has 0 aliphatic carbocycles. The SMILES string of the molecule is CN(C)Cc1nc2c(c(=O)[nH]1)CSC2. The first-order valence-corrected chi connectivity index (χ1v) is 5.65. The van der Waals surface area contributed by atoms with Crippen molar-refractivity contribution in [3.8, 4) is 0 Å². The summed E-state index contributed by atoms with van der Waals surface area (Å²) in [6.45, 7) is 0.688. The van der Waals surface area contributed by atoms with Crippen molar-refractivity contribution in [2.75, 3.05) is 14.1 Å². The van der Waals surface area contributed by atoms with Crippen LogP contribution in [0.1, 0.15) is 17.1 Å². The average Bonchev–Trinajstić information content (AvgIpc) is 2.50. The van der Waals surface area contributed by atoms with Crippen LogP contribution in [-0.4, -0.2) is 29.0 Å². The van der Waals surface area contributed by atoms with Gasteiger partial charge in [0.15, 0.2) is 0 Å². The van der Waals surface area contributed by atoms with Gasteiger partial charge in [-0.15, -0.1) is 0 Å². The molecule has 0 bridgehead atoms. The highest BCUT2D eigenvalue weighted by Gasteiger charge is 2.17. The molecule has 0 fully saturated rings. The molecule has 0 radical (unpaired) electrons. The zero-order valence-electron chi connectivity index (χ0n) is 8.33. The van der Waals surface area contributed by atoms with E-state index in [4.69, 9.17) is 0 Å². The summed E-state index contributed by atoms with van der Waals surface area (Å²) in [5, 5.41) is 0. The molecule has 1 aromatic heterocycles. The van der Waals surface area contributed by atoms with E-state index >= 15 is 0 Å². The predicted octanol–water partition coefficient (Wildman–Crippen LogP) is 0.578. The zero-order valence-corrected chi connectivity index (χ0v) is 9.15. The van der Waals surface area contributed by atoms with E-state index in [1.54, 1.807) is 11.8 Å². The second kappa shape index (κ2) is 3.74. The lowest BCUT2D eigenvalue weighted by Gasteiger charge is -2.09. The number of fused-ring (bicyclic) bond motifs is 1. The quantitative estimate of drug-likeness (QED) is 0.777. The number of aromatic nitrogens is 2. The van der Waals surface area contributed by atoms with E-state index in [-0.39, 0.29) is 5.56 Å². The van der Waals surface area contributed by atoms with Crippen LogP contribution in [0.3, 0.4) is 0 Å². The topological polar surface area (TPSA) is 49.0 Å². The van der Waals surface area contributed by atoms with Crippen LogP contribution in [0.2, 0.25) is 0 Å². The number of nitrogens with one attached hydrogen (secondary N) is 1. The van der Waals surface area contributed by atoms with E-state index in [1.165, 1.54) is 0 Å². The molecule has 1 aliphatic heterocycles.